The van der Waals surface area contributed by atoms with Gasteiger partial charge in [0.15, 0.2) is 0 Å². The maximum absolute atomic E-state index is 12.6. The lowest BCUT2D eigenvalue weighted by Gasteiger charge is -2.47. The van der Waals surface area contributed by atoms with Crippen LogP contribution in [0.25, 0.3) is 0 Å². The number of pyridine rings is 1. The van der Waals surface area contributed by atoms with Crippen LogP contribution in [0.1, 0.15) is 31.2 Å². The molecular weight excluding hydrogens is 316 g/mol. The highest BCUT2D eigenvalue weighted by molar-refractivity contribution is 5.78. The molecule has 25 heavy (non-hydrogen) atoms. The van der Waals surface area contributed by atoms with Gasteiger partial charge in [0.2, 0.25) is 11.8 Å². The van der Waals surface area contributed by atoms with Crippen LogP contribution in [0.15, 0.2) is 24.5 Å². The predicted octanol–water partition coefficient (Wildman–Crippen LogP) is 1.07. The number of likely N-dealkylation sites (tertiary alicyclic amines) is 2. The Labute approximate surface area is 149 Å². The number of rotatable bonds is 6. The number of likely N-dealkylation sites (N-methyl/N-ethyl adjacent to an activating group) is 1. The molecule has 0 bridgehead atoms. The molecule has 2 fully saturated rings. The number of hydrogen-bond acceptors (Lipinski definition) is 4. The lowest BCUT2D eigenvalue weighted by atomic mass is 9.83. The summed E-state index contributed by atoms with van der Waals surface area (Å²) in [5.74, 6) is 0.916. The van der Waals surface area contributed by atoms with E-state index >= 15 is 0 Å². The molecule has 2 atom stereocenters. The summed E-state index contributed by atoms with van der Waals surface area (Å²) in [5.41, 5.74) is 1.10. The molecule has 6 heteroatoms. The van der Waals surface area contributed by atoms with Gasteiger partial charge in [-0.15, -0.1) is 0 Å². The van der Waals surface area contributed by atoms with Crippen LogP contribution in [0.2, 0.25) is 0 Å². The molecule has 0 saturated carbocycles. The van der Waals surface area contributed by atoms with Crippen molar-refractivity contribution in [1.29, 1.82) is 0 Å². The fourth-order valence-corrected chi connectivity index (χ4v) is 4.06. The van der Waals surface area contributed by atoms with E-state index in [0.717, 1.165) is 51.0 Å². The Morgan fingerprint density at radius 2 is 2.28 bits per heavy atom. The topological polar surface area (TPSA) is 65.5 Å². The molecule has 1 aromatic rings. The second kappa shape index (κ2) is 8.43. The van der Waals surface area contributed by atoms with Crippen molar-refractivity contribution in [3.63, 3.8) is 0 Å². The molecule has 2 amide bonds. The molecule has 3 rings (SSSR count). The number of nitrogens with one attached hydrogen (secondary N) is 1. The van der Waals surface area contributed by atoms with Crippen molar-refractivity contribution in [1.82, 2.24) is 20.1 Å². The first-order chi connectivity index (χ1) is 12.2. The van der Waals surface area contributed by atoms with Gasteiger partial charge in [-0.3, -0.25) is 14.6 Å². The first-order valence-electron chi connectivity index (χ1n) is 9.30. The highest BCUT2D eigenvalue weighted by atomic mass is 16.2. The lowest BCUT2D eigenvalue weighted by molar-refractivity contribution is -0.144. The molecule has 0 unspecified atom stereocenters. The number of carbonyl (C=O) groups is 2. The number of hydrogen-bond donors (Lipinski definition) is 1. The van der Waals surface area contributed by atoms with Crippen molar-refractivity contribution >= 4 is 11.8 Å². The Morgan fingerprint density at radius 1 is 1.40 bits per heavy atom. The highest BCUT2D eigenvalue weighted by Gasteiger charge is 2.39. The molecule has 136 valence electrons. The zero-order chi connectivity index (χ0) is 17.6. The van der Waals surface area contributed by atoms with Gasteiger partial charge in [-0.05, 0) is 43.9 Å². The first-order valence-corrected chi connectivity index (χ1v) is 9.30. The van der Waals surface area contributed by atoms with Gasteiger partial charge in [0.25, 0.3) is 0 Å². The molecule has 0 aliphatic carbocycles. The van der Waals surface area contributed by atoms with Gasteiger partial charge in [-0.2, -0.15) is 0 Å². The second-order valence-corrected chi connectivity index (χ2v) is 7.05. The third-order valence-electron chi connectivity index (χ3n) is 5.45. The Bertz CT molecular complexity index is 592. The van der Waals surface area contributed by atoms with E-state index in [1.165, 1.54) is 0 Å². The van der Waals surface area contributed by atoms with Gasteiger partial charge in [0.1, 0.15) is 0 Å². The van der Waals surface area contributed by atoms with Crippen molar-refractivity contribution in [2.24, 2.45) is 5.92 Å². The van der Waals surface area contributed by atoms with Crippen molar-refractivity contribution in [2.75, 3.05) is 33.2 Å². The van der Waals surface area contributed by atoms with E-state index in [2.05, 4.69) is 10.3 Å². The molecule has 3 heterocycles. The average molecular weight is 344 g/mol. The van der Waals surface area contributed by atoms with Crippen molar-refractivity contribution in [2.45, 2.75) is 38.1 Å². The molecule has 0 spiro atoms. The number of aromatic nitrogens is 1. The number of aryl methyl sites for hydroxylation is 1. The van der Waals surface area contributed by atoms with E-state index in [1.807, 2.05) is 35.2 Å². The lowest BCUT2D eigenvalue weighted by Crippen LogP contribution is -2.57. The van der Waals surface area contributed by atoms with Gasteiger partial charge in [-0.25, -0.2) is 0 Å². The van der Waals surface area contributed by atoms with Crippen molar-refractivity contribution in [3.8, 4) is 0 Å². The summed E-state index contributed by atoms with van der Waals surface area (Å²) in [6, 6.07) is 4.22. The number of amides is 2. The number of fused-ring (bicyclic) bond motifs is 1. The minimum atomic E-state index is 0.223. The summed E-state index contributed by atoms with van der Waals surface area (Å²) < 4.78 is 0. The van der Waals surface area contributed by atoms with Crippen LogP contribution >= 0.6 is 0 Å². The van der Waals surface area contributed by atoms with Crippen LogP contribution < -0.4 is 5.32 Å². The van der Waals surface area contributed by atoms with Crippen LogP contribution in [-0.2, 0) is 16.0 Å². The third kappa shape index (κ3) is 4.37. The highest BCUT2D eigenvalue weighted by Crippen LogP contribution is 2.31. The summed E-state index contributed by atoms with van der Waals surface area (Å²) in [4.78, 5) is 33.0. The Hall–Kier alpha value is -1.95. The smallest absolute Gasteiger partial charge is 0.222 e. The van der Waals surface area contributed by atoms with Gasteiger partial charge in [0, 0.05) is 57.5 Å². The molecule has 2 aliphatic heterocycles. The third-order valence-corrected chi connectivity index (χ3v) is 5.45. The Balaban J connectivity index is 1.53. The van der Waals surface area contributed by atoms with Crippen LogP contribution in [0.4, 0.5) is 0 Å². The van der Waals surface area contributed by atoms with E-state index in [9.17, 15) is 9.59 Å². The SMILES string of the molecule is CNCCN1C(=O)CC[C@H]2CN(C(=O)CCc3cccnc3)CC[C@H]21. The van der Waals surface area contributed by atoms with E-state index in [4.69, 9.17) is 0 Å². The van der Waals surface area contributed by atoms with Gasteiger partial charge in [0.05, 0.1) is 0 Å². The van der Waals surface area contributed by atoms with E-state index in [-0.39, 0.29) is 11.8 Å². The van der Waals surface area contributed by atoms with Gasteiger partial charge < -0.3 is 15.1 Å². The molecular formula is C19H28N4O2. The molecule has 6 nitrogen and oxygen atoms in total. The molecule has 1 N–H and O–H groups in total. The van der Waals surface area contributed by atoms with E-state index < -0.39 is 0 Å². The minimum absolute atomic E-state index is 0.223. The Kier molecular flexibility index (Phi) is 6.02. The summed E-state index contributed by atoms with van der Waals surface area (Å²) in [7, 11) is 1.91. The summed E-state index contributed by atoms with van der Waals surface area (Å²) in [5, 5.41) is 3.13. The molecule has 0 aromatic carbocycles. The monoisotopic (exact) mass is 344 g/mol. The number of carbonyl (C=O) groups excluding carboxylic acids is 2. The second-order valence-electron chi connectivity index (χ2n) is 7.05. The van der Waals surface area contributed by atoms with Crippen molar-refractivity contribution in [3.05, 3.63) is 30.1 Å². The first kappa shape index (κ1) is 17.9. The maximum atomic E-state index is 12.6. The van der Waals surface area contributed by atoms with Crippen LogP contribution in [0.3, 0.4) is 0 Å². The fraction of sp³-hybridized carbons (Fsp3) is 0.632. The van der Waals surface area contributed by atoms with Crippen molar-refractivity contribution < 1.29 is 9.59 Å². The average Bonchev–Trinajstić information content (AvgIpc) is 2.66. The number of nitrogens with zero attached hydrogens (tertiary/aromatic N) is 3. The van der Waals surface area contributed by atoms with Crippen LogP contribution in [-0.4, -0.2) is 65.9 Å². The summed E-state index contributed by atoms with van der Waals surface area (Å²) in [6.07, 6.45) is 7.27. The molecule has 2 saturated heterocycles. The zero-order valence-electron chi connectivity index (χ0n) is 15.0. The number of piperidine rings is 2. The largest absolute Gasteiger partial charge is 0.342 e. The standard InChI is InChI=1S/C19H28N4O2/c1-20-10-12-23-17-8-11-22(14-16(17)5-7-19(23)25)18(24)6-4-15-3-2-9-21-13-15/h2-3,9,13,16-17,20H,4-8,10-12,14H2,1H3/t16-,17+/m0/s1. The van der Waals surface area contributed by atoms with Gasteiger partial charge in [-0.1, -0.05) is 6.07 Å². The predicted molar refractivity (Wildman–Crippen MR) is 95.9 cm³/mol. The quantitative estimate of drug-likeness (QED) is 0.838. The minimum Gasteiger partial charge on any atom is -0.342 e. The van der Waals surface area contributed by atoms with E-state index in [0.29, 0.717) is 24.8 Å². The normalized spacial score (nSPS) is 23.5. The summed E-state index contributed by atoms with van der Waals surface area (Å²) >= 11 is 0. The molecule has 1 aromatic heterocycles. The van der Waals surface area contributed by atoms with Crippen LogP contribution in [0.5, 0.6) is 0 Å². The zero-order valence-corrected chi connectivity index (χ0v) is 15.0. The summed E-state index contributed by atoms with van der Waals surface area (Å²) in [6.45, 7) is 3.14. The van der Waals surface area contributed by atoms with E-state index in [1.54, 1.807) is 6.20 Å². The molecule has 2 aliphatic rings. The maximum Gasteiger partial charge on any atom is 0.222 e. The molecule has 0 radical (unpaired) electrons. The van der Waals surface area contributed by atoms with Crippen LogP contribution in [0, 0.1) is 5.92 Å². The fourth-order valence-electron chi connectivity index (χ4n) is 4.06. The Morgan fingerprint density at radius 3 is 3.04 bits per heavy atom. The van der Waals surface area contributed by atoms with Gasteiger partial charge >= 0.3 is 0 Å².